The summed E-state index contributed by atoms with van der Waals surface area (Å²) in [5.41, 5.74) is 6.34. The second-order valence-electron chi connectivity index (χ2n) is 11.4. The first kappa shape index (κ1) is 33.1. The summed E-state index contributed by atoms with van der Waals surface area (Å²) in [6, 6.07) is 37.5. The summed E-state index contributed by atoms with van der Waals surface area (Å²) >= 11 is 0. The standard InChI is InChI=1S/C42H36N2O4/c1-43(2)37-23-17-31(18-24-37)15-21-35-27-40(42(46)48-30-34-13-9-6-10-14-34)36(22-16-32-19-25-38(26-20-32)44(3)4)28-39(35)41(45)47-29-33-11-7-5-8-12-33/h5-14,17-20,23-28H,29-30H2,1-4H3. The van der Waals surface area contributed by atoms with Crippen molar-refractivity contribution in [2.75, 3.05) is 38.0 Å². The highest BCUT2D eigenvalue weighted by molar-refractivity contribution is 5.98. The van der Waals surface area contributed by atoms with Gasteiger partial charge in [0.1, 0.15) is 13.2 Å². The number of esters is 2. The molecule has 0 heterocycles. The Hall–Kier alpha value is -6.24. The molecule has 0 fully saturated rings. The van der Waals surface area contributed by atoms with Gasteiger partial charge in [-0.05, 0) is 71.8 Å². The summed E-state index contributed by atoms with van der Waals surface area (Å²) in [7, 11) is 7.87. The van der Waals surface area contributed by atoms with Gasteiger partial charge >= 0.3 is 11.9 Å². The van der Waals surface area contributed by atoms with E-state index in [1.807, 2.05) is 147 Å². The Morgan fingerprint density at radius 2 is 0.854 bits per heavy atom. The lowest BCUT2D eigenvalue weighted by molar-refractivity contribution is 0.0458. The predicted molar refractivity (Wildman–Crippen MR) is 191 cm³/mol. The zero-order valence-electron chi connectivity index (χ0n) is 27.5. The molecule has 0 aliphatic carbocycles. The maximum absolute atomic E-state index is 13.6. The first-order chi connectivity index (χ1) is 23.3. The van der Waals surface area contributed by atoms with Gasteiger partial charge < -0.3 is 19.3 Å². The van der Waals surface area contributed by atoms with E-state index in [0.717, 1.165) is 33.6 Å². The van der Waals surface area contributed by atoms with Gasteiger partial charge in [0.15, 0.2) is 0 Å². The van der Waals surface area contributed by atoms with Gasteiger partial charge in [-0.2, -0.15) is 0 Å². The fourth-order valence-electron chi connectivity index (χ4n) is 4.71. The van der Waals surface area contributed by atoms with Crippen LogP contribution in [0.2, 0.25) is 0 Å². The van der Waals surface area contributed by atoms with E-state index in [0.29, 0.717) is 11.1 Å². The summed E-state index contributed by atoms with van der Waals surface area (Å²) in [6.07, 6.45) is 0. The third-order valence-electron chi connectivity index (χ3n) is 7.47. The molecule has 0 unspecified atom stereocenters. The average Bonchev–Trinajstić information content (AvgIpc) is 3.12. The molecule has 0 N–H and O–H groups in total. The molecule has 0 atom stereocenters. The van der Waals surface area contributed by atoms with Gasteiger partial charge in [-0.25, -0.2) is 9.59 Å². The second-order valence-corrected chi connectivity index (χ2v) is 11.4. The Morgan fingerprint density at radius 3 is 1.19 bits per heavy atom. The molecule has 0 saturated heterocycles. The molecule has 0 aliphatic rings. The van der Waals surface area contributed by atoms with Gasteiger partial charge in [0.05, 0.1) is 11.1 Å². The molecule has 0 radical (unpaired) electrons. The molecule has 0 bridgehead atoms. The number of carbonyl (C=O) groups is 2. The highest BCUT2D eigenvalue weighted by Gasteiger charge is 2.21. The Morgan fingerprint density at radius 1 is 0.500 bits per heavy atom. The van der Waals surface area contributed by atoms with Crippen LogP contribution in [0.1, 0.15) is 54.1 Å². The molecule has 0 aromatic heterocycles. The number of benzene rings is 5. The van der Waals surface area contributed by atoms with E-state index in [4.69, 9.17) is 9.47 Å². The maximum atomic E-state index is 13.6. The van der Waals surface area contributed by atoms with Crippen LogP contribution in [0.3, 0.4) is 0 Å². The van der Waals surface area contributed by atoms with Crippen LogP contribution in [-0.2, 0) is 22.7 Å². The number of rotatable bonds is 8. The zero-order valence-corrected chi connectivity index (χ0v) is 27.5. The van der Waals surface area contributed by atoms with Crippen molar-refractivity contribution in [3.63, 3.8) is 0 Å². The number of carbonyl (C=O) groups excluding carboxylic acids is 2. The van der Waals surface area contributed by atoms with Crippen molar-refractivity contribution in [3.05, 3.63) is 166 Å². The lowest BCUT2D eigenvalue weighted by atomic mass is 9.97. The zero-order chi connectivity index (χ0) is 33.9. The number of hydrogen-bond acceptors (Lipinski definition) is 6. The van der Waals surface area contributed by atoms with Gasteiger partial charge in [0, 0.05) is 61.8 Å². The average molecular weight is 633 g/mol. The molecule has 5 aromatic rings. The summed E-state index contributed by atoms with van der Waals surface area (Å²) in [6.45, 7) is 0.164. The van der Waals surface area contributed by atoms with E-state index in [1.54, 1.807) is 12.1 Å². The minimum atomic E-state index is -0.575. The second kappa shape index (κ2) is 15.9. The van der Waals surface area contributed by atoms with Gasteiger partial charge in [0.25, 0.3) is 0 Å². The molecule has 238 valence electrons. The van der Waals surface area contributed by atoms with E-state index < -0.39 is 11.9 Å². The van der Waals surface area contributed by atoms with Crippen molar-refractivity contribution in [3.8, 4) is 23.7 Å². The Bertz CT molecular complexity index is 1850. The van der Waals surface area contributed by atoms with Gasteiger partial charge in [-0.1, -0.05) is 84.3 Å². The number of ether oxygens (including phenoxy) is 2. The van der Waals surface area contributed by atoms with Crippen LogP contribution in [0.15, 0.2) is 121 Å². The van der Waals surface area contributed by atoms with Gasteiger partial charge in [-0.3, -0.25) is 0 Å². The summed E-state index contributed by atoms with van der Waals surface area (Å²) in [5.74, 6) is 11.4. The maximum Gasteiger partial charge on any atom is 0.339 e. The van der Waals surface area contributed by atoms with Crippen LogP contribution in [0.4, 0.5) is 11.4 Å². The molecule has 48 heavy (non-hydrogen) atoms. The predicted octanol–water partition coefficient (Wildman–Crippen LogP) is 7.33. The number of anilines is 2. The van der Waals surface area contributed by atoms with Crippen molar-refractivity contribution < 1.29 is 19.1 Å². The number of nitrogens with zero attached hydrogens (tertiary/aromatic N) is 2. The Balaban J connectivity index is 1.57. The SMILES string of the molecule is CN(C)c1ccc(C#Cc2cc(C(=O)OCc3ccccc3)c(C#Cc3ccc(N(C)C)cc3)cc2C(=O)OCc2ccccc2)cc1. The Kier molecular flexibility index (Phi) is 10.9. The van der Waals surface area contributed by atoms with Crippen molar-refractivity contribution >= 4 is 23.3 Å². The minimum Gasteiger partial charge on any atom is -0.457 e. The normalized spacial score (nSPS) is 10.1. The molecule has 6 nitrogen and oxygen atoms in total. The molecule has 0 aliphatic heterocycles. The fraction of sp³-hybridized carbons (Fsp3) is 0.143. The molecule has 5 rings (SSSR count). The molecule has 6 heteroatoms. The third-order valence-corrected chi connectivity index (χ3v) is 7.47. The quantitative estimate of drug-likeness (QED) is 0.132. The van der Waals surface area contributed by atoms with Crippen molar-refractivity contribution in [2.45, 2.75) is 13.2 Å². The van der Waals surface area contributed by atoms with E-state index in [2.05, 4.69) is 23.7 Å². The van der Waals surface area contributed by atoms with Crippen molar-refractivity contribution in [1.82, 2.24) is 0 Å². The highest BCUT2D eigenvalue weighted by Crippen LogP contribution is 2.21. The lowest BCUT2D eigenvalue weighted by Gasteiger charge is -2.12. The fourth-order valence-corrected chi connectivity index (χ4v) is 4.71. The number of hydrogen-bond donors (Lipinski definition) is 0. The van der Waals surface area contributed by atoms with E-state index in [-0.39, 0.29) is 24.3 Å². The molecular weight excluding hydrogens is 596 g/mol. The summed E-state index contributed by atoms with van der Waals surface area (Å²) in [5, 5.41) is 0. The largest absolute Gasteiger partial charge is 0.457 e. The van der Waals surface area contributed by atoms with Crippen LogP contribution in [0.5, 0.6) is 0 Å². The van der Waals surface area contributed by atoms with Crippen LogP contribution in [-0.4, -0.2) is 40.1 Å². The van der Waals surface area contributed by atoms with E-state index in [9.17, 15) is 9.59 Å². The minimum absolute atomic E-state index is 0.0820. The Labute approximate surface area is 282 Å². The highest BCUT2D eigenvalue weighted by atomic mass is 16.5. The van der Waals surface area contributed by atoms with Crippen molar-refractivity contribution in [2.24, 2.45) is 0 Å². The molecule has 5 aromatic carbocycles. The molecular formula is C42H36N2O4. The first-order valence-corrected chi connectivity index (χ1v) is 15.5. The van der Waals surface area contributed by atoms with Crippen LogP contribution in [0, 0.1) is 23.7 Å². The van der Waals surface area contributed by atoms with Crippen LogP contribution < -0.4 is 9.80 Å². The monoisotopic (exact) mass is 632 g/mol. The van der Waals surface area contributed by atoms with Gasteiger partial charge in [0.2, 0.25) is 0 Å². The lowest BCUT2D eigenvalue weighted by Crippen LogP contribution is -2.13. The smallest absolute Gasteiger partial charge is 0.339 e. The molecule has 0 spiro atoms. The third kappa shape index (κ3) is 8.94. The van der Waals surface area contributed by atoms with Gasteiger partial charge in [-0.15, -0.1) is 0 Å². The molecule has 0 amide bonds. The van der Waals surface area contributed by atoms with Crippen LogP contribution >= 0.6 is 0 Å². The van der Waals surface area contributed by atoms with Crippen LogP contribution in [0.25, 0.3) is 0 Å². The molecule has 0 saturated carbocycles. The summed E-state index contributed by atoms with van der Waals surface area (Å²) in [4.78, 5) is 31.3. The van der Waals surface area contributed by atoms with Crippen molar-refractivity contribution in [1.29, 1.82) is 0 Å². The van der Waals surface area contributed by atoms with E-state index >= 15 is 0 Å². The summed E-state index contributed by atoms with van der Waals surface area (Å²) < 4.78 is 11.5. The topological polar surface area (TPSA) is 59.1 Å². The van der Waals surface area contributed by atoms with E-state index in [1.165, 1.54) is 0 Å². The first-order valence-electron chi connectivity index (χ1n) is 15.5.